The van der Waals surface area contributed by atoms with Crippen molar-refractivity contribution >= 4 is 22.8 Å². The third-order valence-electron chi connectivity index (χ3n) is 4.97. The second-order valence-corrected chi connectivity index (χ2v) is 7.09. The molecule has 0 radical (unpaired) electrons. The maximum Gasteiger partial charge on any atom is 0.310 e. The van der Waals surface area contributed by atoms with Crippen molar-refractivity contribution in [2.24, 2.45) is 0 Å². The number of hydrogen-bond acceptors (Lipinski definition) is 5. The number of ether oxygens (including phenoxy) is 2. The lowest BCUT2D eigenvalue weighted by atomic mass is 10.0. The van der Waals surface area contributed by atoms with Gasteiger partial charge in [-0.3, -0.25) is 9.59 Å². The van der Waals surface area contributed by atoms with Gasteiger partial charge in [-0.25, -0.2) is 0 Å². The first kappa shape index (κ1) is 20.5. The van der Waals surface area contributed by atoms with Crippen molar-refractivity contribution < 1.29 is 23.5 Å². The molecule has 0 saturated carbocycles. The van der Waals surface area contributed by atoms with E-state index in [1.807, 2.05) is 45.0 Å². The van der Waals surface area contributed by atoms with Gasteiger partial charge >= 0.3 is 5.97 Å². The van der Waals surface area contributed by atoms with Gasteiger partial charge in [-0.15, -0.1) is 0 Å². The summed E-state index contributed by atoms with van der Waals surface area (Å²) < 4.78 is 15.8. The fourth-order valence-corrected chi connectivity index (χ4v) is 3.08. The number of fused-ring (bicyclic) bond motifs is 1. The van der Waals surface area contributed by atoms with Crippen LogP contribution in [0.4, 0.5) is 0 Å². The first-order valence-corrected chi connectivity index (χ1v) is 9.43. The van der Waals surface area contributed by atoms with Crippen LogP contribution in [0.15, 0.2) is 47.1 Å². The number of amides is 1. The molecule has 0 aliphatic carbocycles. The number of furan rings is 1. The Balaban J connectivity index is 1.52. The van der Waals surface area contributed by atoms with Gasteiger partial charge in [0.05, 0.1) is 25.8 Å². The summed E-state index contributed by atoms with van der Waals surface area (Å²) in [6, 6.07) is 11.3. The average Bonchev–Trinajstić information content (AvgIpc) is 3.10. The molecule has 29 heavy (non-hydrogen) atoms. The van der Waals surface area contributed by atoms with Crippen LogP contribution < -0.4 is 10.1 Å². The van der Waals surface area contributed by atoms with Gasteiger partial charge in [-0.2, -0.15) is 0 Å². The Kier molecular flexibility index (Phi) is 6.22. The number of esters is 1. The number of nitrogens with one attached hydrogen (secondary N) is 1. The monoisotopic (exact) mass is 395 g/mol. The van der Waals surface area contributed by atoms with E-state index in [1.54, 1.807) is 19.2 Å². The lowest BCUT2D eigenvalue weighted by Crippen LogP contribution is -2.31. The molecule has 3 aromatic rings. The van der Waals surface area contributed by atoms with Crippen LogP contribution in [0.25, 0.3) is 11.0 Å². The quantitative estimate of drug-likeness (QED) is 0.612. The summed E-state index contributed by atoms with van der Waals surface area (Å²) in [5.74, 6) is -0.154. The summed E-state index contributed by atoms with van der Waals surface area (Å²) in [4.78, 5) is 24.3. The molecule has 1 amide bonds. The van der Waals surface area contributed by atoms with E-state index in [0.29, 0.717) is 16.9 Å². The number of benzene rings is 2. The van der Waals surface area contributed by atoms with E-state index in [9.17, 15) is 9.59 Å². The third kappa shape index (κ3) is 4.96. The van der Waals surface area contributed by atoms with Gasteiger partial charge in [0.1, 0.15) is 11.3 Å². The van der Waals surface area contributed by atoms with Gasteiger partial charge in [-0.1, -0.05) is 18.2 Å². The molecule has 1 atom stereocenters. The molecule has 0 bridgehead atoms. The van der Waals surface area contributed by atoms with Gasteiger partial charge in [0, 0.05) is 17.0 Å². The minimum atomic E-state index is -0.488. The Bertz CT molecular complexity index is 1040. The molecule has 0 unspecified atom stereocenters. The van der Waals surface area contributed by atoms with Gasteiger partial charge in [0.2, 0.25) is 0 Å². The van der Waals surface area contributed by atoms with Gasteiger partial charge in [-0.05, 0) is 49.6 Å². The molecule has 0 aliphatic rings. The number of carbonyl (C=O) groups excluding carboxylic acids is 2. The minimum Gasteiger partial charge on any atom is -0.497 e. The smallest absolute Gasteiger partial charge is 0.310 e. The van der Waals surface area contributed by atoms with Crippen molar-refractivity contribution in [2.75, 3.05) is 13.7 Å². The number of rotatable bonds is 7. The summed E-state index contributed by atoms with van der Waals surface area (Å²) >= 11 is 0. The fraction of sp³-hybridized carbons (Fsp3) is 0.304. The molecule has 0 spiro atoms. The Hall–Kier alpha value is -3.28. The molecule has 152 valence electrons. The molecule has 2 aromatic carbocycles. The van der Waals surface area contributed by atoms with Gasteiger partial charge in [0.15, 0.2) is 6.61 Å². The van der Waals surface area contributed by atoms with Crippen molar-refractivity contribution in [3.63, 3.8) is 0 Å². The van der Waals surface area contributed by atoms with E-state index in [1.165, 1.54) is 17.4 Å². The lowest BCUT2D eigenvalue weighted by Gasteiger charge is -2.15. The van der Waals surface area contributed by atoms with Crippen LogP contribution in [0.1, 0.15) is 35.2 Å². The molecule has 6 nitrogen and oxygen atoms in total. The van der Waals surface area contributed by atoms with E-state index >= 15 is 0 Å². The molecule has 0 fully saturated rings. The zero-order chi connectivity index (χ0) is 21.0. The zero-order valence-corrected chi connectivity index (χ0v) is 17.1. The molecule has 1 N–H and O–H groups in total. The highest BCUT2D eigenvalue weighted by atomic mass is 16.5. The fourth-order valence-electron chi connectivity index (χ4n) is 3.08. The van der Waals surface area contributed by atoms with Crippen LogP contribution in [0.5, 0.6) is 5.75 Å². The van der Waals surface area contributed by atoms with Crippen molar-refractivity contribution in [1.82, 2.24) is 5.32 Å². The topological polar surface area (TPSA) is 77.8 Å². The summed E-state index contributed by atoms with van der Waals surface area (Å²) in [5, 5.41) is 3.67. The first-order valence-electron chi connectivity index (χ1n) is 9.43. The highest BCUT2D eigenvalue weighted by Gasteiger charge is 2.15. The van der Waals surface area contributed by atoms with Crippen LogP contribution in [0.2, 0.25) is 0 Å². The second kappa shape index (κ2) is 8.82. The van der Waals surface area contributed by atoms with Crippen LogP contribution in [-0.4, -0.2) is 25.6 Å². The summed E-state index contributed by atoms with van der Waals surface area (Å²) in [6.45, 7) is 5.65. The number of hydrogen-bond donors (Lipinski definition) is 1. The van der Waals surface area contributed by atoms with E-state index < -0.39 is 5.97 Å². The Morgan fingerprint density at radius 3 is 2.62 bits per heavy atom. The standard InChI is InChI=1S/C23H25NO5/c1-14-5-6-17(9-15(14)2)16(3)24-22(25)13-29-23(26)10-18-12-28-21-11-19(27-4)7-8-20(18)21/h5-9,11-12,16H,10,13H2,1-4H3,(H,24,25)/t16-/m0/s1. The van der Waals surface area contributed by atoms with E-state index in [0.717, 1.165) is 10.9 Å². The van der Waals surface area contributed by atoms with Crippen molar-refractivity contribution in [2.45, 2.75) is 33.2 Å². The van der Waals surface area contributed by atoms with Crippen molar-refractivity contribution in [3.8, 4) is 5.75 Å². The predicted molar refractivity (Wildman–Crippen MR) is 110 cm³/mol. The van der Waals surface area contributed by atoms with Crippen LogP contribution in [0.3, 0.4) is 0 Å². The maximum atomic E-state index is 12.2. The summed E-state index contributed by atoms with van der Waals surface area (Å²) in [6.07, 6.45) is 1.55. The lowest BCUT2D eigenvalue weighted by molar-refractivity contribution is -0.148. The molecule has 1 heterocycles. The molecule has 6 heteroatoms. The van der Waals surface area contributed by atoms with Gasteiger partial charge in [0.25, 0.3) is 5.91 Å². The van der Waals surface area contributed by atoms with E-state index in [4.69, 9.17) is 13.9 Å². The largest absolute Gasteiger partial charge is 0.497 e. The minimum absolute atomic E-state index is 0.0271. The highest BCUT2D eigenvalue weighted by molar-refractivity contribution is 5.87. The van der Waals surface area contributed by atoms with E-state index in [2.05, 4.69) is 5.32 Å². The summed E-state index contributed by atoms with van der Waals surface area (Å²) in [5.41, 5.74) is 4.71. The average molecular weight is 395 g/mol. The summed E-state index contributed by atoms with van der Waals surface area (Å²) in [7, 11) is 1.58. The Morgan fingerprint density at radius 1 is 1.10 bits per heavy atom. The van der Waals surface area contributed by atoms with Crippen LogP contribution >= 0.6 is 0 Å². The third-order valence-corrected chi connectivity index (χ3v) is 4.97. The first-order chi connectivity index (χ1) is 13.9. The number of aryl methyl sites for hydroxylation is 2. The second-order valence-electron chi connectivity index (χ2n) is 7.09. The Morgan fingerprint density at radius 2 is 1.90 bits per heavy atom. The predicted octanol–water partition coefficient (Wildman–Crippen LogP) is 4.02. The molecule has 3 rings (SSSR count). The maximum absolute atomic E-state index is 12.2. The SMILES string of the molecule is COc1ccc2c(CC(=O)OCC(=O)N[C@@H](C)c3ccc(C)c(C)c3)coc2c1. The molecular weight excluding hydrogens is 370 g/mol. The molecular formula is C23H25NO5. The number of carbonyl (C=O) groups is 2. The van der Waals surface area contributed by atoms with Crippen molar-refractivity contribution in [3.05, 3.63) is 64.9 Å². The molecule has 0 aliphatic heterocycles. The van der Waals surface area contributed by atoms with Crippen LogP contribution in [-0.2, 0) is 20.7 Å². The number of methoxy groups -OCH3 is 1. The normalized spacial score (nSPS) is 11.9. The molecule has 1 aromatic heterocycles. The van der Waals surface area contributed by atoms with Gasteiger partial charge < -0.3 is 19.2 Å². The Labute approximate surface area is 169 Å². The van der Waals surface area contributed by atoms with Crippen molar-refractivity contribution in [1.29, 1.82) is 0 Å². The zero-order valence-electron chi connectivity index (χ0n) is 17.1. The van der Waals surface area contributed by atoms with E-state index in [-0.39, 0.29) is 25.0 Å². The highest BCUT2D eigenvalue weighted by Crippen LogP contribution is 2.26. The molecule has 0 saturated heterocycles. The van der Waals surface area contributed by atoms with Crippen LogP contribution in [0, 0.1) is 13.8 Å².